The SMILES string of the molecule is CCOC(=O)C1(S(=O)(=O)c2ccc(Oc3cccnc3)cc2)CCN(C(=O)O)CC1. The van der Waals surface area contributed by atoms with Gasteiger partial charge in [-0.2, -0.15) is 0 Å². The molecule has 1 aliphatic heterocycles. The number of esters is 1. The number of rotatable bonds is 6. The highest BCUT2D eigenvalue weighted by atomic mass is 32.2. The molecule has 1 N–H and O–H groups in total. The minimum absolute atomic E-state index is 0.0244. The zero-order valence-electron chi connectivity index (χ0n) is 16.4. The van der Waals surface area contributed by atoms with E-state index in [2.05, 4.69) is 4.98 Å². The first-order chi connectivity index (χ1) is 14.3. The summed E-state index contributed by atoms with van der Waals surface area (Å²) in [6.45, 7) is 1.47. The van der Waals surface area contributed by atoms with Crippen LogP contribution in [-0.4, -0.2) is 59.9 Å². The highest BCUT2D eigenvalue weighted by Gasteiger charge is 2.54. The predicted octanol–water partition coefficient (Wildman–Crippen LogP) is 2.72. The molecule has 1 amide bonds. The Morgan fingerprint density at radius 3 is 2.33 bits per heavy atom. The van der Waals surface area contributed by atoms with E-state index in [1.807, 2.05) is 0 Å². The van der Waals surface area contributed by atoms with Crippen LogP contribution in [0.15, 0.2) is 53.7 Å². The Balaban J connectivity index is 1.89. The van der Waals surface area contributed by atoms with Crippen molar-refractivity contribution in [2.24, 2.45) is 0 Å². The molecule has 1 fully saturated rings. The van der Waals surface area contributed by atoms with E-state index in [9.17, 15) is 18.0 Å². The number of carbonyl (C=O) groups excluding carboxylic acids is 1. The van der Waals surface area contributed by atoms with Crippen LogP contribution in [0.25, 0.3) is 0 Å². The van der Waals surface area contributed by atoms with Gasteiger partial charge in [-0.25, -0.2) is 13.2 Å². The number of pyridine rings is 1. The summed E-state index contributed by atoms with van der Waals surface area (Å²) >= 11 is 0. The van der Waals surface area contributed by atoms with Crippen LogP contribution in [0.1, 0.15) is 19.8 Å². The van der Waals surface area contributed by atoms with E-state index in [1.54, 1.807) is 25.3 Å². The molecule has 2 aromatic rings. The molecule has 0 aliphatic carbocycles. The molecule has 1 aromatic carbocycles. The Morgan fingerprint density at radius 1 is 1.13 bits per heavy atom. The zero-order chi connectivity index (χ0) is 21.8. The van der Waals surface area contributed by atoms with Crippen molar-refractivity contribution in [1.29, 1.82) is 0 Å². The number of carbonyl (C=O) groups is 2. The molecule has 0 saturated carbocycles. The van der Waals surface area contributed by atoms with Gasteiger partial charge in [0.2, 0.25) is 0 Å². The Labute approximate surface area is 174 Å². The van der Waals surface area contributed by atoms with Crippen molar-refractivity contribution in [2.45, 2.75) is 29.4 Å². The number of ether oxygens (including phenoxy) is 2. The van der Waals surface area contributed by atoms with E-state index in [4.69, 9.17) is 14.6 Å². The quantitative estimate of drug-likeness (QED) is 0.689. The van der Waals surface area contributed by atoms with Gasteiger partial charge in [-0.15, -0.1) is 0 Å². The minimum Gasteiger partial charge on any atom is -0.465 e. The summed E-state index contributed by atoms with van der Waals surface area (Å²) < 4.78 is 35.8. The lowest BCUT2D eigenvalue weighted by atomic mass is 9.96. The molecule has 0 bridgehead atoms. The van der Waals surface area contributed by atoms with Gasteiger partial charge in [-0.05, 0) is 56.2 Å². The van der Waals surface area contributed by atoms with Gasteiger partial charge in [-0.1, -0.05) is 0 Å². The van der Waals surface area contributed by atoms with Gasteiger partial charge in [0.25, 0.3) is 0 Å². The number of sulfone groups is 1. The largest absolute Gasteiger partial charge is 0.465 e. The van der Waals surface area contributed by atoms with E-state index < -0.39 is 26.6 Å². The number of aromatic nitrogens is 1. The maximum Gasteiger partial charge on any atom is 0.407 e. The van der Waals surface area contributed by atoms with Gasteiger partial charge >= 0.3 is 12.1 Å². The summed E-state index contributed by atoms with van der Waals surface area (Å²) in [5.41, 5.74) is 0. The standard InChI is InChI=1S/C20H22N2O7S/c1-2-28-18(23)20(9-12-22(13-10-20)19(24)25)30(26,27)17-7-5-15(6-8-17)29-16-4-3-11-21-14-16/h3-8,11,14H,2,9-10,12-13H2,1H3,(H,24,25). The van der Waals surface area contributed by atoms with Crippen molar-refractivity contribution < 1.29 is 32.6 Å². The minimum atomic E-state index is -4.15. The Kier molecular flexibility index (Phi) is 6.25. The Morgan fingerprint density at radius 2 is 1.80 bits per heavy atom. The molecule has 2 heterocycles. The monoisotopic (exact) mass is 434 g/mol. The number of nitrogens with zero attached hydrogens (tertiary/aromatic N) is 2. The Bertz CT molecular complexity index is 999. The first-order valence-electron chi connectivity index (χ1n) is 9.38. The second-order valence-corrected chi connectivity index (χ2v) is 9.01. The molecule has 9 nitrogen and oxygen atoms in total. The molecule has 10 heteroatoms. The molecule has 160 valence electrons. The molecule has 1 aromatic heterocycles. The summed E-state index contributed by atoms with van der Waals surface area (Å²) in [6.07, 6.45) is 1.63. The third kappa shape index (κ3) is 4.09. The fourth-order valence-corrected chi connectivity index (χ4v) is 5.30. The fraction of sp³-hybridized carbons (Fsp3) is 0.350. The van der Waals surface area contributed by atoms with Crippen molar-refractivity contribution in [1.82, 2.24) is 9.88 Å². The number of amides is 1. The maximum atomic E-state index is 13.5. The lowest BCUT2D eigenvalue weighted by Crippen LogP contribution is -2.55. The van der Waals surface area contributed by atoms with E-state index in [0.29, 0.717) is 11.5 Å². The van der Waals surface area contributed by atoms with Crippen LogP contribution in [0, 0.1) is 0 Å². The van der Waals surface area contributed by atoms with Gasteiger partial charge in [0.05, 0.1) is 17.7 Å². The summed E-state index contributed by atoms with van der Waals surface area (Å²) in [5.74, 6) is 0.0516. The van der Waals surface area contributed by atoms with Crippen molar-refractivity contribution in [2.75, 3.05) is 19.7 Å². The second kappa shape index (κ2) is 8.70. The number of benzene rings is 1. The smallest absolute Gasteiger partial charge is 0.407 e. The molecule has 1 aliphatic rings. The number of likely N-dealkylation sites (tertiary alicyclic amines) is 1. The zero-order valence-corrected chi connectivity index (χ0v) is 17.2. The van der Waals surface area contributed by atoms with Crippen LogP contribution in [0.3, 0.4) is 0 Å². The van der Waals surface area contributed by atoms with Crippen LogP contribution in [0.5, 0.6) is 11.5 Å². The number of hydrogen-bond acceptors (Lipinski definition) is 7. The molecule has 0 atom stereocenters. The van der Waals surface area contributed by atoms with E-state index >= 15 is 0 Å². The average molecular weight is 434 g/mol. The van der Waals surface area contributed by atoms with Crippen molar-refractivity contribution in [3.8, 4) is 11.5 Å². The molecular formula is C20H22N2O7S. The van der Waals surface area contributed by atoms with Crippen LogP contribution in [0.2, 0.25) is 0 Å². The normalized spacial score (nSPS) is 16.0. The highest BCUT2D eigenvalue weighted by molar-refractivity contribution is 7.93. The van der Waals surface area contributed by atoms with Crippen molar-refractivity contribution in [3.63, 3.8) is 0 Å². The second-order valence-electron chi connectivity index (χ2n) is 6.75. The number of carboxylic acid groups (broad SMARTS) is 1. The Hall–Kier alpha value is -3.14. The molecule has 1 saturated heterocycles. The average Bonchev–Trinajstić information content (AvgIpc) is 2.75. The molecular weight excluding hydrogens is 412 g/mol. The van der Waals surface area contributed by atoms with E-state index in [-0.39, 0.29) is 37.4 Å². The van der Waals surface area contributed by atoms with E-state index in [0.717, 1.165) is 4.90 Å². The third-order valence-electron chi connectivity index (χ3n) is 5.01. The van der Waals surface area contributed by atoms with Gasteiger partial charge in [0, 0.05) is 19.3 Å². The number of piperidine rings is 1. The molecule has 0 radical (unpaired) electrons. The van der Waals surface area contributed by atoms with Gasteiger partial charge < -0.3 is 19.5 Å². The number of hydrogen-bond donors (Lipinski definition) is 1. The summed E-state index contributed by atoms with van der Waals surface area (Å²) in [7, 11) is -4.15. The third-order valence-corrected chi connectivity index (χ3v) is 7.50. The molecule has 0 spiro atoms. The first-order valence-corrected chi connectivity index (χ1v) is 10.9. The lowest BCUT2D eigenvalue weighted by molar-refractivity contribution is -0.147. The van der Waals surface area contributed by atoms with Gasteiger partial charge in [0.15, 0.2) is 14.6 Å². The maximum absolute atomic E-state index is 13.5. The molecule has 0 unspecified atom stereocenters. The summed E-state index contributed by atoms with van der Waals surface area (Å²) in [5, 5.41) is 9.16. The fourth-order valence-electron chi connectivity index (χ4n) is 3.36. The van der Waals surface area contributed by atoms with Crippen LogP contribution in [-0.2, 0) is 19.4 Å². The van der Waals surface area contributed by atoms with E-state index in [1.165, 1.54) is 30.5 Å². The predicted molar refractivity (Wildman–Crippen MR) is 106 cm³/mol. The summed E-state index contributed by atoms with van der Waals surface area (Å²) in [4.78, 5) is 28.9. The van der Waals surface area contributed by atoms with Crippen LogP contribution < -0.4 is 4.74 Å². The topological polar surface area (TPSA) is 123 Å². The van der Waals surface area contributed by atoms with Crippen LogP contribution >= 0.6 is 0 Å². The molecule has 3 rings (SSSR count). The van der Waals surface area contributed by atoms with Crippen LogP contribution in [0.4, 0.5) is 4.79 Å². The highest BCUT2D eigenvalue weighted by Crippen LogP contribution is 2.37. The summed E-state index contributed by atoms with van der Waals surface area (Å²) in [6, 6.07) is 9.14. The lowest BCUT2D eigenvalue weighted by Gasteiger charge is -2.38. The van der Waals surface area contributed by atoms with Crippen molar-refractivity contribution >= 4 is 21.9 Å². The van der Waals surface area contributed by atoms with Gasteiger partial charge in [0.1, 0.15) is 11.5 Å². The van der Waals surface area contributed by atoms with Crippen molar-refractivity contribution in [3.05, 3.63) is 48.8 Å². The molecule has 30 heavy (non-hydrogen) atoms. The first kappa shape index (κ1) is 21.6. The van der Waals surface area contributed by atoms with Gasteiger partial charge in [-0.3, -0.25) is 9.78 Å².